The Bertz CT molecular complexity index is 1480. The summed E-state index contributed by atoms with van der Waals surface area (Å²) in [5.74, 6) is -2.57. The fourth-order valence-electron chi connectivity index (χ4n) is 4.25. The summed E-state index contributed by atoms with van der Waals surface area (Å²) in [5, 5.41) is 20.3. The number of halogens is 4. The molecule has 1 aliphatic heterocycles. The number of anilines is 4. The molecule has 4 rings (SSSR count). The normalized spacial score (nSPS) is 14.6. The van der Waals surface area contributed by atoms with E-state index in [0.717, 1.165) is 36.4 Å². The number of hydrogen-bond acceptors (Lipinski definition) is 8. The molecule has 0 atom stereocenters. The number of nitrogens with zero attached hydrogens (tertiary/aromatic N) is 4. The van der Waals surface area contributed by atoms with E-state index >= 15 is 0 Å². The Morgan fingerprint density at radius 1 is 1.12 bits per heavy atom. The highest BCUT2D eigenvalue weighted by Crippen LogP contribution is 2.31. The van der Waals surface area contributed by atoms with Gasteiger partial charge in [-0.25, -0.2) is 14.4 Å². The van der Waals surface area contributed by atoms with E-state index in [4.69, 9.17) is 0 Å². The number of nitrogens with one attached hydrogen (secondary N) is 4. The van der Waals surface area contributed by atoms with Gasteiger partial charge in [0.25, 0.3) is 5.91 Å². The van der Waals surface area contributed by atoms with Crippen LogP contribution in [0.1, 0.15) is 54.9 Å². The lowest BCUT2D eigenvalue weighted by Gasteiger charge is -2.34. The highest BCUT2D eigenvalue weighted by atomic mass is 19.4. The Balaban J connectivity index is 1.70. The van der Waals surface area contributed by atoms with Crippen LogP contribution >= 0.6 is 0 Å². The molecule has 0 unspecified atom stereocenters. The molecule has 1 aliphatic rings. The van der Waals surface area contributed by atoms with Gasteiger partial charge >= 0.3 is 6.18 Å². The summed E-state index contributed by atoms with van der Waals surface area (Å²) in [6.07, 6.45) is -2.80. The molecular weight excluding hydrogens is 528 g/mol. The average molecular weight is 557 g/mol. The number of nitriles is 1. The van der Waals surface area contributed by atoms with Crippen molar-refractivity contribution in [3.8, 4) is 6.07 Å². The van der Waals surface area contributed by atoms with Crippen LogP contribution in [0.2, 0.25) is 0 Å². The van der Waals surface area contributed by atoms with Gasteiger partial charge in [-0.1, -0.05) is 6.07 Å². The molecule has 0 saturated carbocycles. The molecule has 40 heavy (non-hydrogen) atoms. The maximum atomic E-state index is 14.7. The zero-order valence-corrected chi connectivity index (χ0v) is 22.3. The van der Waals surface area contributed by atoms with Crippen molar-refractivity contribution in [2.45, 2.75) is 51.2 Å². The number of benzene rings is 1. The number of pyridine rings is 1. The predicted octanol–water partition coefficient (Wildman–Crippen LogP) is 4.97. The summed E-state index contributed by atoms with van der Waals surface area (Å²) < 4.78 is 52.9. The first kappa shape index (κ1) is 28.7. The third-order valence-electron chi connectivity index (χ3n) is 6.48. The minimum atomic E-state index is -4.65. The number of alkyl halides is 3. The van der Waals surface area contributed by atoms with Crippen LogP contribution in [0.25, 0.3) is 0 Å². The Labute approximate surface area is 228 Å². The second-order valence-electron chi connectivity index (χ2n) is 10.4. The first-order chi connectivity index (χ1) is 18.7. The van der Waals surface area contributed by atoms with Gasteiger partial charge in [-0.15, -0.1) is 0 Å². The van der Waals surface area contributed by atoms with Crippen LogP contribution in [0.5, 0.6) is 0 Å². The van der Waals surface area contributed by atoms with Crippen molar-refractivity contribution >= 4 is 29.2 Å². The van der Waals surface area contributed by atoms with Crippen LogP contribution in [0, 0.1) is 17.1 Å². The van der Waals surface area contributed by atoms with E-state index in [2.05, 4.69) is 50.8 Å². The number of carbonyl (C=O) groups is 1. The molecular formula is C27H28F4N8O. The fraction of sp³-hybridized carbons (Fsp3) is 0.370. The summed E-state index contributed by atoms with van der Waals surface area (Å²) in [7, 11) is 0. The lowest BCUT2D eigenvalue weighted by Crippen LogP contribution is -2.42. The van der Waals surface area contributed by atoms with Gasteiger partial charge in [0.15, 0.2) is 11.6 Å². The number of fused-ring (bicyclic) bond motifs is 1. The van der Waals surface area contributed by atoms with Crippen LogP contribution in [-0.4, -0.2) is 40.1 Å². The smallest absolute Gasteiger partial charge is 0.343 e. The number of rotatable bonds is 7. The second kappa shape index (κ2) is 10.7. The summed E-state index contributed by atoms with van der Waals surface area (Å²) in [6, 6.07) is 10.3. The third-order valence-corrected chi connectivity index (χ3v) is 6.48. The minimum absolute atomic E-state index is 0.0110. The molecule has 1 aromatic carbocycles. The quantitative estimate of drug-likeness (QED) is 0.301. The monoisotopic (exact) mass is 556 g/mol. The summed E-state index contributed by atoms with van der Waals surface area (Å²) in [6.45, 7) is 6.58. The molecule has 0 bridgehead atoms. The number of amides is 1. The second-order valence-corrected chi connectivity index (χ2v) is 10.4. The standard InChI is InChI=1S/C27H28F4N8O/c1-25(2,13-32)20-8-7-19(28)22(37-20)38-21-17(23(40)34-14-27(29,30)31)12-33-24(39-21)36-16-5-6-18-15(11-16)9-10-35-26(18,3)4/h5-8,11-12,35H,9-10,14H2,1-4H3,(H,34,40)(H2,33,36,37,38,39). The lowest BCUT2D eigenvalue weighted by molar-refractivity contribution is -0.123. The number of aromatic nitrogens is 3. The average Bonchev–Trinajstić information content (AvgIpc) is 2.88. The summed E-state index contributed by atoms with van der Waals surface area (Å²) >= 11 is 0. The maximum absolute atomic E-state index is 14.7. The minimum Gasteiger partial charge on any atom is -0.343 e. The zero-order chi connectivity index (χ0) is 29.3. The van der Waals surface area contributed by atoms with Gasteiger partial charge in [0.05, 0.1) is 17.2 Å². The van der Waals surface area contributed by atoms with Crippen molar-refractivity contribution in [3.05, 3.63) is 64.7 Å². The van der Waals surface area contributed by atoms with E-state index in [0.29, 0.717) is 5.69 Å². The molecule has 0 radical (unpaired) electrons. The van der Waals surface area contributed by atoms with Gasteiger partial charge in [-0.3, -0.25) is 4.79 Å². The Morgan fingerprint density at radius 3 is 2.58 bits per heavy atom. The van der Waals surface area contributed by atoms with E-state index in [9.17, 15) is 27.6 Å². The van der Waals surface area contributed by atoms with Crippen LogP contribution in [0.4, 0.5) is 40.8 Å². The number of hydrogen-bond donors (Lipinski definition) is 4. The third kappa shape index (κ3) is 6.45. The lowest BCUT2D eigenvalue weighted by atomic mass is 9.85. The Hall–Kier alpha value is -4.31. The van der Waals surface area contributed by atoms with Gasteiger partial charge in [0.1, 0.15) is 17.9 Å². The molecule has 0 saturated heterocycles. The van der Waals surface area contributed by atoms with Crippen molar-refractivity contribution < 1.29 is 22.4 Å². The molecule has 0 aliphatic carbocycles. The highest BCUT2D eigenvalue weighted by Gasteiger charge is 2.30. The van der Waals surface area contributed by atoms with Gasteiger partial charge in [-0.2, -0.15) is 23.4 Å². The van der Waals surface area contributed by atoms with Crippen molar-refractivity contribution in [2.24, 2.45) is 0 Å². The van der Waals surface area contributed by atoms with Crippen LogP contribution in [0.15, 0.2) is 36.5 Å². The van der Waals surface area contributed by atoms with Crippen molar-refractivity contribution in [2.75, 3.05) is 23.7 Å². The van der Waals surface area contributed by atoms with E-state index in [1.165, 1.54) is 6.07 Å². The summed E-state index contributed by atoms with van der Waals surface area (Å²) in [5.41, 5.74) is 1.53. The molecule has 4 N–H and O–H groups in total. The van der Waals surface area contributed by atoms with E-state index < -0.39 is 29.9 Å². The molecule has 210 valence electrons. The first-order valence-corrected chi connectivity index (χ1v) is 12.4. The van der Waals surface area contributed by atoms with E-state index in [1.54, 1.807) is 19.2 Å². The molecule has 0 spiro atoms. The van der Waals surface area contributed by atoms with Crippen molar-refractivity contribution in [1.29, 1.82) is 5.26 Å². The molecule has 9 nitrogen and oxygen atoms in total. The van der Waals surface area contributed by atoms with Gasteiger partial charge in [-0.05, 0) is 76.1 Å². The topological polar surface area (TPSA) is 128 Å². The van der Waals surface area contributed by atoms with E-state index in [-0.39, 0.29) is 34.4 Å². The van der Waals surface area contributed by atoms with Gasteiger partial charge in [0, 0.05) is 17.4 Å². The fourth-order valence-corrected chi connectivity index (χ4v) is 4.25. The maximum Gasteiger partial charge on any atom is 0.405 e. The van der Waals surface area contributed by atoms with Crippen LogP contribution < -0.4 is 21.3 Å². The van der Waals surface area contributed by atoms with Crippen LogP contribution in [0.3, 0.4) is 0 Å². The SMILES string of the molecule is CC(C)(C#N)c1ccc(F)c(Nc2nc(Nc3ccc4c(c3)CCNC4(C)C)ncc2C(=O)NCC(F)(F)F)n1. The molecule has 2 aromatic heterocycles. The zero-order valence-electron chi connectivity index (χ0n) is 22.3. The van der Waals surface area contributed by atoms with Crippen molar-refractivity contribution in [1.82, 2.24) is 25.6 Å². The molecule has 3 aromatic rings. The summed E-state index contributed by atoms with van der Waals surface area (Å²) in [4.78, 5) is 25.2. The first-order valence-electron chi connectivity index (χ1n) is 12.4. The highest BCUT2D eigenvalue weighted by molar-refractivity contribution is 5.99. The molecule has 13 heteroatoms. The van der Waals surface area contributed by atoms with Gasteiger partial charge in [0.2, 0.25) is 5.95 Å². The van der Waals surface area contributed by atoms with Crippen molar-refractivity contribution in [3.63, 3.8) is 0 Å². The predicted molar refractivity (Wildman–Crippen MR) is 141 cm³/mol. The molecule has 0 fully saturated rings. The van der Waals surface area contributed by atoms with Crippen LogP contribution in [-0.2, 0) is 17.4 Å². The Morgan fingerprint density at radius 2 is 1.88 bits per heavy atom. The number of carbonyl (C=O) groups excluding carboxylic acids is 1. The van der Waals surface area contributed by atoms with E-state index in [1.807, 2.05) is 18.2 Å². The largest absolute Gasteiger partial charge is 0.405 e. The molecule has 3 heterocycles. The molecule has 1 amide bonds. The van der Waals surface area contributed by atoms with Gasteiger partial charge < -0.3 is 21.3 Å². The Kier molecular flexibility index (Phi) is 7.67.